The standard InChI is InChI=1S/C12H16O/c1-3-9-5-8-6-10(9)11(7-8)12(13)4-2/h3-4,8,10-11H,2,5-7H2,1H3/t8-,10-,11?/m1/s1. The fraction of sp³-hybridized carbons (Fsp3) is 0.583. The van der Waals surface area contributed by atoms with Crippen molar-refractivity contribution in [3.8, 4) is 0 Å². The van der Waals surface area contributed by atoms with Crippen molar-refractivity contribution in [3.63, 3.8) is 0 Å². The van der Waals surface area contributed by atoms with Crippen LogP contribution < -0.4 is 0 Å². The lowest BCUT2D eigenvalue weighted by atomic mass is 9.82. The van der Waals surface area contributed by atoms with Gasteiger partial charge in [-0.25, -0.2) is 0 Å². The van der Waals surface area contributed by atoms with Gasteiger partial charge in [-0.3, -0.25) is 4.79 Å². The van der Waals surface area contributed by atoms with E-state index in [-0.39, 0.29) is 11.7 Å². The van der Waals surface area contributed by atoms with Gasteiger partial charge in [0.2, 0.25) is 0 Å². The summed E-state index contributed by atoms with van der Waals surface area (Å²) in [7, 11) is 0. The van der Waals surface area contributed by atoms with Gasteiger partial charge >= 0.3 is 0 Å². The van der Waals surface area contributed by atoms with E-state index in [2.05, 4.69) is 19.6 Å². The molecule has 2 rings (SSSR count). The first kappa shape index (κ1) is 8.74. The normalized spacial score (nSPS) is 39.8. The molecule has 2 saturated carbocycles. The molecule has 13 heavy (non-hydrogen) atoms. The second-order valence-electron chi connectivity index (χ2n) is 4.22. The van der Waals surface area contributed by atoms with Crippen molar-refractivity contribution >= 4 is 5.78 Å². The van der Waals surface area contributed by atoms with Crippen LogP contribution in [0.1, 0.15) is 26.2 Å². The largest absolute Gasteiger partial charge is 0.295 e. The molecule has 0 saturated heterocycles. The summed E-state index contributed by atoms with van der Waals surface area (Å²) in [5.74, 6) is 1.86. The molecule has 0 amide bonds. The van der Waals surface area contributed by atoms with Crippen LogP contribution in [-0.2, 0) is 4.79 Å². The predicted molar refractivity (Wildman–Crippen MR) is 53.3 cm³/mol. The van der Waals surface area contributed by atoms with Gasteiger partial charge in [-0.2, -0.15) is 0 Å². The Morgan fingerprint density at radius 1 is 1.54 bits per heavy atom. The maximum absolute atomic E-state index is 11.5. The highest BCUT2D eigenvalue weighted by molar-refractivity contribution is 5.92. The lowest BCUT2D eigenvalue weighted by Crippen LogP contribution is -2.20. The van der Waals surface area contributed by atoms with E-state index in [0.29, 0.717) is 5.92 Å². The molecule has 1 heteroatoms. The number of ketones is 1. The Labute approximate surface area is 79.5 Å². The highest BCUT2D eigenvalue weighted by Gasteiger charge is 2.44. The number of hydrogen-bond donors (Lipinski definition) is 0. The maximum Gasteiger partial charge on any atom is 0.158 e. The zero-order valence-corrected chi connectivity index (χ0v) is 8.12. The van der Waals surface area contributed by atoms with E-state index in [9.17, 15) is 4.79 Å². The summed E-state index contributed by atoms with van der Waals surface area (Å²) in [5.41, 5.74) is 1.51. The molecule has 70 valence electrons. The minimum atomic E-state index is 0.256. The first-order valence-corrected chi connectivity index (χ1v) is 5.07. The Morgan fingerprint density at radius 2 is 2.31 bits per heavy atom. The summed E-state index contributed by atoms with van der Waals surface area (Å²) in [4.78, 5) is 11.5. The van der Waals surface area contributed by atoms with Gasteiger partial charge < -0.3 is 0 Å². The van der Waals surface area contributed by atoms with Crippen LogP contribution in [0.2, 0.25) is 0 Å². The van der Waals surface area contributed by atoms with Gasteiger partial charge in [0.25, 0.3) is 0 Å². The van der Waals surface area contributed by atoms with Crippen molar-refractivity contribution in [1.29, 1.82) is 0 Å². The fourth-order valence-corrected chi connectivity index (χ4v) is 3.00. The molecule has 1 nitrogen and oxygen atoms in total. The van der Waals surface area contributed by atoms with Crippen LogP contribution in [0.25, 0.3) is 0 Å². The van der Waals surface area contributed by atoms with Gasteiger partial charge in [0.15, 0.2) is 5.78 Å². The van der Waals surface area contributed by atoms with E-state index in [0.717, 1.165) is 12.3 Å². The summed E-state index contributed by atoms with van der Waals surface area (Å²) >= 11 is 0. The summed E-state index contributed by atoms with van der Waals surface area (Å²) in [6.07, 6.45) is 7.28. The topological polar surface area (TPSA) is 17.1 Å². The molecule has 2 bridgehead atoms. The minimum absolute atomic E-state index is 0.256. The Morgan fingerprint density at radius 3 is 2.85 bits per heavy atom. The molecule has 1 unspecified atom stereocenters. The molecule has 0 aromatic rings. The van der Waals surface area contributed by atoms with Gasteiger partial charge in [0, 0.05) is 5.92 Å². The van der Waals surface area contributed by atoms with Crippen LogP contribution in [0.5, 0.6) is 0 Å². The minimum Gasteiger partial charge on any atom is -0.295 e. The Balaban J connectivity index is 2.18. The second kappa shape index (κ2) is 3.13. The van der Waals surface area contributed by atoms with Crippen LogP contribution >= 0.6 is 0 Å². The van der Waals surface area contributed by atoms with E-state index in [1.807, 2.05) is 0 Å². The lowest BCUT2D eigenvalue weighted by Gasteiger charge is -2.21. The van der Waals surface area contributed by atoms with Crippen LogP contribution in [-0.4, -0.2) is 5.78 Å². The molecule has 2 fully saturated rings. The molecule has 0 aromatic carbocycles. The fourth-order valence-electron chi connectivity index (χ4n) is 3.00. The maximum atomic E-state index is 11.5. The second-order valence-corrected chi connectivity index (χ2v) is 4.22. The number of rotatable bonds is 2. The lowest BCUT2D eigenvalue weighted by molar-refractivity contribution is -0.119. The number of fused-ring (bicyclic) bond motifs is 2. The highest BCUT2D eigenvalue weighted by Crippen LogP contribution is 2.51. The van der Waals surface area contributed by atoms with Gasteiger partial charge in [-0.05, 0) is 44.1 Å². The highest BCUT2D eigenvalue weighted by atomic mass is 16.1. The average molecular weight is 176 g/mol. The molecule has 0 spiro atoms. The average Bonchev–Trinajstić information content (AvgIpc) is 2.74. The molecule has 0 aliphatic heterocycles. The molecule has 0 N–H and O–H groups in total. The van der Waals surface area contributed by atoms with E-state index >= 15 is 0 Å². The molecule has 3 atom stereocenters. The van der Waals surface area contributed by atoms with E-state index in [4.69, 9.17) is 0 Å². The number of carbonyl (C=O) groups is 1. The molecule has 0 heterocycles. The SMILES string of the molecule is C=CC(=O)C1C[C@@H]2CC(=CC)[C@H]1C2. The molecule has 2 aliphatic carbocycles. The third-order valence-electron chi connectivity index (χ3n) is 3.60. The van der Waals surface area contributed by atoms with Gasteiger partial charge in [0.05, 0.1) is 0 Å². The molecule has 0 aromatic heterocycles. The van der Waals surface area contributed by atoms with Crippen molar-refractivity contribution in [2.24, 2.45) is 17.8 Å². The number of carbonyl (C=O) groups excluding carboxylic acids is 1. The zero-order valence-electron chi connectivity index (χ0n) is 8.12. The first-order valence-electron chi connectivity index (χ1n) is 5.07. The van der Waals surface area contributed by atoms with Gasteiger partial charge in [-0.15, -0.1) is 0 Å². The van der Waals surface area contributed by atoms with E-state index in [1.165, 1.54) is 24.5 Å². The van der Waals surface area contributed by atoms with Crippen molar-refractivity contribution < 1.29 is 4.79 Å². The Bertz CT molecular complexity index is 275. The monoisotopic (exact) mass is 176 g/mol. The number of allylic oxidation sites excluding steroid dienone is 3. The van der Waals surface area contributed by atoms with Crippen molar-refractivity contribution in [2.45, 2.75) is 26.2 Å². The summed E-state index contributed by atoms with van der Waals surface area (Å²) < 4.78 is 0. The molecule has 2 aliphatic rings. The zero-order chi connectivity index (χ0) is 9.42. The summed E-state index contributed by atoms with van der Waals surface area (Å²) in [6.45, 7) is 5.66. The van der Waals surface area contributed by atoms with E-state index in [1.54, 1.807) is 0 Å². The van der Waals surface area contributed by atoms with Crippen LogP contribution in [0.15, 0.2) is 24.3 Å². The van der Waals surface area contributed by atoms with E-state index < -0.39 is 0 Å². The van der Waals surface area contributed by atoms with Crippen LogP contribution in [0.4, 0.5) is 0 Å². The predicted octanol–water partition coefficient (Wildman–Crippen LogP) is 2.73. The Kier molecular flexibility index (Phi) is 2.10. The molecular formula is C12H16O. The summed E-state index contributed by atoms with van der Waals surface area (Å²) in [6, 6.07) is 0. The Hall–Kier alpha value is -0.850. The quantitative estimate of drug-likeness (QED) is 0.467. The van der Waals surface area contributed by atoms with Crippen molar-refractivity contribution in [2.75, 3.05) is 0 Å². The first-order chi connectivity index (χ1) is 6.26. The van der Waals surface area contributed by atoms with Gasteiger partial charge in [0.1, 0.15) is 0 Å². The van der Waals surface area contributed by atoms with Crippen molar-refractivity contribution in [1.82, 2.24) is 0 Å². The smallest absolute Gasteiger partial charge is 0.158 e. The third kappa shape index (κ3) is 1.27. The molecular weight excluding hydrogens is 160 g/mol. The van der Waals surface area contributed by atoms with Crippen LogP contribution in [0, 0.1) is 17.8 Å². The van der Waals surface area contributed by atoms with Crippen molar-refractivity contribution in [3.05, 3.63) is 24.3 Å². The van der Waals surface area contributed by atoms with Gasteiger partial charge in [-0.1, -0.05) is 18.2 Å². The molecule has 0 radical (unpaired) electrons. The third-order valence-corrected chi connectivity index (χ3v) is 3.60. The number of hydrogen-bond acceptors (Lipinski definition) is 1. The van der Waals surface area contributed by atoms with Crippen LogP contribution in [0.3, 0.4) is 0 Å². The summed E-state index contributed by atoms with van der Waals surface area (Å²) in [5, 5.41) is 0.